The molecule has 0 fully saturated rings. The van der Waals surface area contributed by atoms with Gasteiger partial charge in [-0.25, -0.2) is 8.78 Å². The standard InChI is InChI=1S/C33H35ClF2N4O6/c1-3-25-32(43)38-19-20-10-12-26(24(36)17-20)46-28-18-21(11-13-27(28)45-2)31(42)37-14-6-16-40(15-5-9-29(41)39-25)33(44)30-22(34)7-4-8-23(30)35/h4,7-8,10-13,17-18,25H,3,5-6,9,14-16,19H2,1-2H3,(H,37,42)(H,38,43)(H,39,41)/t25-/m0/s1. The van der Waals surface area contributed by atoms with Crippen molar-refractivity contribution in [2.24, 2.45) is 0 Å². The van der Waals surface area contributed by atoms with Crippen LogP contribution in [-0.2, 0) is 16.1 Å². The van der Waals surface area contributed by atoms with E-state index in [0.717, 1.165) is 6.07 Å². The maximum atomic E-state index is 15.0. The second kappa shape index (κ2) is 16.0. The molecule has 1 atom stereocenters. The lowest BCUT2D eigenvalue weighted by molar-refractivity contribution is -0.129. The molecule has 3 aromatic carbocycles. The summed E-state index contributed by atoms with van der Waals surface area (Å²) in [6.45, 7) is 2.10. The van der Waals surface area contributed by atoms with Crippen LogP contribution in [0.1, 0.15) is 58.9 Å². The molecule has 0 saturated carbocycles. The number of halogens is 3. The second-order valence-electron chi connectivity index (χ2n) is 10.6. The van der Waals surface area contributed by atoms with E-state index in [2.05, 4.69) is 16.0 Å². The minimum atomic E-state index is -0.833. The minimum absolute atomic E-state index is 0.00292. The number of fused-ring (bicyclic) bond motifs is 16. The van der Waals surface area contributed by atoms with Crippen molar-refractivity contribution in [1.82, 2.24) is 20.9 Å². The summed E-state index contributed by atoms with van der Waals surface area (Å²) in [5.74, 6) is -3.17. The molecule has 3 aromatic rings. The van der Waals surface area contributed by atoms with E-state index in [1.165, 1.54) is 54.5 Å². The van der Waals surface area contributed by atoms with Crippen LogP contribution < -0.4 is 25.4 Å². The van der Waals surface area contributed by atoms with Crippen molar-refractivity contribution in [3.8, 4) is 17.2 Å². The van der Waals surface area contributed by atoms with Crippen LogP contribution in [0.2, 0.25) is 5.02 Å². The summed E-state index contributed by atoms with van der Waals surface area (Å²) >= 11 is 6.16. The molecule has 0 spiro atoms. The fraction of sp³-hybridized carbons (Fsp3) is 0.333. The van der Waals surface area contributed by atoms with Crippen LogP contribution in [0, 0.1) is 11.6 Å². The van der Waals surface area contributed by atoms with Crippen molar-refractivity contribution >= 4 is 35.2 Å². The topological polar surface area (TPSA) is 126 Å². The molecule has 5 rings (SSSR count). The van der Waals surface area contributed by atoms with Gasteiger partial charge in [-0.3, -0.25) is 19.2 Å². The van der Waals surface area contributed by atoms with Crippen molar-refractivity contribution in [1.29, 1.82) is 0 Å². The van der Waals surface area contributed by atoms with Crippen molar-refractivity contribution in [3.63, 3.8) is 0 Å². The van der Waals surface area contributed by atoms with Gasteiger partial charge in [-0.2, -0.15) is 0 Å². The van der Waals surface area contributed by atoms with E-state index >= 15 is 4.39 Å². The zero-order chi connectivity index (χ0) is 33.2. The molecule has 0 aliphatic carbocycles. The second-order valence-corrected chi connectivity index (χ2v) is 11.0. The number of benzene rings is 3. The van der Waals surface area contributed by atoms with Crippen molar-refractivity contribution in [2.75, 3.05) is 26.7 Å². The van der Waals surface area contributed by atoms with Gasteiger partial charge in [0.05, 0.1) is 17.7 Å². The van der Waals surface area contributed by atoms with E-state index < -0.39 is 41.3 Å². The Hall–Kier alpha value is -4.71. The molecule has 0 aromatic heterocycles. The molecule has 2 heterocycles. The average Bonchev–Trinajstić information content (AvgIpc) is 3.03. The molecule has 0 unspecified atom stereocenters. The summed E-state index contributed by atoms with van der Waals surface area (Å²) in [7, 11) is 1.41. The third-order valence-corrected chi connectivity index (χ3v) is 7.67. The summed E-state index contributed by atoms with van der Waals surface area (Å²) in [6.07, 6.45) is 0.808. The number of nitrogens with zero attached hydrogens (tertiary/aromatic N) is 1. The number of hydrogen-bond acceptors (Lipinski definition) is 6. The monoisotopic (exact) mass is 656 g/mol. The fourth-order valence-electron chi connectivity index (χ4n) is 4.86. The van der Waals surface area contributed by atoms with Crippen LogP contribution >= 0.6 is 11.6 Å². The van der Waals surface area contributed by atoms with Crippen molar-refractivity contribution in [2.45, 2.75) is 45.2 Å². The van der Waals surface area contributed by atoms with Gasteiger partial charge >= 0.3 is 0 Å². The molecular formula is C33H35ClF2N4O6. The number of amides is 4. The highest BCUT2D eigenvalue weighted by molar-refractivity contribution is 6.33. The van der Waals surface area contributed by atoms with Gasteiger partial charge in [-0.05, 0) is 67.3 Å². The van der Waals surface area contributed by atoms with Gasteiger partial charge in [-0.1, -0.05) is 30.7 Å². The minimum Gasteiger partial charge on any atom is -0.493 e. The number of nitrogens with one attached hydrogen (secondary N) is 3. The van der Waals surface area contributed by atoms with Gasteiger partial charge < -0.3 is 30.3 Å². The predicted molar refractivity (Wildman–Crippen MR) is 167 cm³/mol. The van der Waals surface area contributed by atoms with Crippen LogP contribution in [0.15, 0.2) is 54.6 Å². The first kappa shape index (κ1) is 34.2. The van der Waals surface area contributed by atoms with Gasteiger partial charge in [0, 0.05) is 38.2 Å². The Morgan fingerprint density at radius 1 is 1.00 bits per heavy atom. The molecular weight excluding hydrogens is 622 g/mol. The molecule has 0 radical (unpaired) electrons. The highest BCUT2D eigenvalue weighted by Crippen LogP contribution is 2.34. The molecule has 244 valence electrons. The Balaban J connectivity index is 1.59. The van der Waals surface area contributed by atoms with E-state index in [1.807, 2.05) is 0 Å². The predicted octanol–water partition coefficient (Wildman–Crippen LogP) is 4.99. The average molecular weight is 657 g/mol. The number of carbonyl (C=O) groups is 4. The normalized spacial score (nSPS) is 16.9. The Morgan fingerprint density at radius 3 is 2.50 bits per heavy atom. The van der Waals surface area contributed by atoms with Crippen molar-refractivity contribution in [3.05, 3.63) is 87.9 Å². The summed E-state index contributed by atoms with van der Waals surface area (Å²) in [4.78, 5) is 53.3. The number of rotatable bonds is 3. The lowest BCUT2D eigenvalue weighted by atomic mass is 10.1. The lowest BCUT2D eigenvalue weighted by Crippen LogP contribution is -2.46. The van der Waals surface area contributed by atoms with E-state index in [4.69, 9.17) is 21.1 Å². The van der Waals surface area contributed by atoms with Crippen LogP contribution in [0.5, 0.6) is 17.2 Å². The quantitative estimate of drug-likeness (QED) is 0.365. The van der Waals surface area contributed by atoms with Crippen LogP contribution in [0.4, 0.5) is 8.78 Å². The number of ether oxygens (including phenoxy) is 2. The summed E-state index contributed by atoms with van der Waals surface area (Å²) < 4.78 is 40.7. The lowest BCUT2D eigenvalue weighted by Gasteiger charge is -2.24. The highest BCUT2D eigenvalue weighted by atomic mass is 35.5. The van der Waals surface area contributed by atoms with Gasteiger partial charge in [0.2, 0.25) is 11.8 Å². The maximum absolute atomic E-state index is 15.0. The molecule has 2 aliphatic rings. The summed E-state index contributed by atoms with van der Waals surface area (Å²) in [5, 5.41) is 8.12. The molecule has 10 nitrogen and oxygen atoms in total. The molecule has 2 aliphatic heterocycles. The molecule has 0 saturated heterocycles. The van der Waals surface area contributed by atoms with Gasteiger partial charge in [-0.15, -0.1) is 0 Å². The molecule has 13 heteroatoms. The van der Waals surface area contributed by atoms with Gasteiger partial charge in [0.1, 0.15) is 11.9 Å². The maximum Gasteiger partial charge on any atom is 0.258 e. The number of carbonyl (C=O) groups excluding carboxylic acids is 4. The highest BCUT2D eigenvalue weighted by Gasteiger charge is 2.24. The fourth-order valence-corrected chi connectivity index (χ4v) is 5.11. The summed E-state index contributed by atoms with van der Waals surface area (Å²) in [5.41, 5.74) is 0.391. The summed E-state index contributed by atoms with van der Waals surface area (Å²) in [6, 6.07) is 11.8. The Labute approximate surface area is 270 Å². The van der Waals surface area contributed by atoms with E-state index in [-0.39, 0.29) is 72.4 Å². The molecule has 4 amide bonds. The van der Waals surface area contributed by atoms with E-state index in [1.54, 1.807) is 13.0 Å². The molecule has 46 heavy (non-hydrogen) atoms. The zero-order valence-electron chi connectivity index (χ0n) is 25.5. The van der Waals surface area contributed by atoms with Gasteiger partial charge in [0.15, 0.2) is 23.1 Å². The smallest absolute Gasteiger partial charge is 0.258 e. The molecule has 3 N–H and O–H groups in total. The van der Waals surface area contributed by atoms with Gasteiger partial charge in [0.25, 0.3) is 11.8 Å². The van der Waals surface area contributed by atoms with Crippen LogP contribution in [0.3, 0.4) is 0 Å². The zero-order valence-corrected chi connectivity index (χ0v) is 26.2. The first-order chi connectivity index (χ1) is 22.1. The number of methoxy groups -OCH3 is 1. The molecule has 4 bridgehead atoms. The van der Waals surface area contributed by atoms with Crippen LogP contribution in [-0.4, -0.2) is 61.3 Å². The van der Waals surface area contributed by atoms with E-state index in [9.17, 15) is 23.6 Å². The van der Waals surface area contributed by atoms with Crippen LogP contribution in [0.25, 0.3) is 0 Å². The number of hydrogen-bond donors (Lipinski definition) is 3. The first-order valence-corrected chi connectivity index (χ1v) is 15.2. The Morgan fingerprint density at radius 2 is 1.78 bits per heavy atom. The van der Waals surface area contributed by atoms with E-state index in [0.29, 0.717) is 18.4 Å². The Kier molecular flexibility index (Phi) is 11.9. The first-order valence-electron chi connectivity index (χ1n) is 14.8. The SMILES string of the molecule is CC[C@@H]1NC(=O)CCCN(C(=O)c2c(F)cccc2Cl)CCCNC(=O)c2ccc(OC)c(c2)Oc2ccc(cc2F)CNC1=O. The van der Waals surface area contributed by atoms with Crippen molar-refractivity contribution < 1.29 is 37.4 Å². The third-order valence-electron chi connectivity index (χ3n) is 7.35. The largest absolute Gasteiger partial charge is 0.493 e. The third kappa shape index (κ3) is 8.72. The Bertz CT molecular complexity index is 1580.